The van der Waals surface area contributed by atoms with E-state index in [4.69, 9.17) is 11.6 Å². The van der Waals surface area contributed by atoms with Crippen LogP contribution < -0.4 is 10.0 Å². The van der Waals surface area contributed by atoms with Gasteiger partial charge in [0.25, 0.3) is 16.1 Å². The van der Waals surface area contributed by atoms with Crippen molar-refractivity contribution in [2.45, 2.75) is 51.5 Å². The minimum atomic E-state index is -3.35. The molecule has 6 nitrogen and oxygen atoms in total. The van der Waals surface area contributed by atoms with Crippen LogP contribution in [-0.2, 0) is 10.2 Å². The molecule has 1 aromatic rings. The third-order valence-corrected chi connectivity index (χ3v) is 8.23. The highest BCUT2D eigenvalue weighted by molar-refractivity contribution is 7.87. The predicted octanol–water partition coefficient (Wildman–Crippen LogP) is 2.87. The summed E-state index contributed by atoms with van der Waals surface area (Å²) in [5.41, 5.74) is 1.49. The number of nitrogens with zero attached hydrogens (tertiary/aromatic N) is 1. The topological polar surface area (TPSA) is 78.5 Å². The highest BCUT2D eigenvalue weighted by Crippen LogP contribution is 2.51. The van der Waals surface area contributed by atoms with Gasteiger partial charge in [-0.1, -0.05) is 30.5 Å². The van der Waals surface area contributed by atoms with Crippen LogP contribution >= 0.6 is 11.6 Å². The Morgan fingerprint density at radius 2 is 2.00 bits per heavy atom. The maximum atomic E-state index is 12.6. The summed E-state index contributed by atoms with van der Waals surface area (Å²) in [7, 11) is -3.35. The van der Waals surface area contributed by atoms with E-state index >= 15 is 0 Å². The number of amides is 1. The van der Waals surface area contributed by atoms with E-state index in [-0.39, 0.29) is 17.4 Å². The number of aryl methyl sites for hydroxylation is 1. The van der Waals surface area contributed by atoms with Crippen molar-refractivity contribution in [3.8, 4) is 0 Å². The first-order chi connectivity index (χ1) is 13.3. The van der Waals surface area contributed by atoms with Gasteiger partial charge in [-0.15, -0.1) is 0 Å². The molecule has 3 fully saturated rings. The van der Waals surface area contributed by atoms with Crippen molar-refractivity contribution in [1.29, 1.82) is 0 Å². The van der Waals surface area contributed by atoms with Gasteiger partial charge in [0, 0.05) is 25.7 Å². The molecule has 0 aromatic heterocycles. The Balaban J connectivity index is 1.35. The van der Waals surface area contributed by atoms with Gasteiger partial charge in [0.2, 0.25) is 0 Å². The summed E-state index contributed by atoms with van der Waals surface area (Å²) in [5, 5.41) is 3.51. The SMILES string of the molecule is Cc1ccc(C(=O)NCC2(CC3CC3)CC(NS(=O)(=O)N3CCC3)C2)c(Cl)c1. The highest BCUT2D eigenvalue weighted by Gasteiger charge is 2.48. The average molecular weight is 426 g/mol. The average Bonchev–Trinajstić information content (AvgIpc) is 3.32. The van der Waals surface area contributed by atoms with Crippen LogP contribution in [0.3, 0.4) is 0 Å². The van der Waals surface area contributed by atoms with E-state index in [1.165, 1.54) is 17.1 Å². The van der Waals surface area contributed by atoms with E-state index in [1.807, 2.05) is 13.0 Å². The number of carbonyl (C=O) groups excluding carboxylic acids is 1. The van der Waals surface area contributed by atoms with Gasteiger partial charge < -0.3 is 5.32 Å². The lowest BCUT2D eigenvalue weighted by Gasteiger charge is -2.49. The van der Waals surface area contributed by atoms with E-state index in [0.29, 0.717) is 36.1 Å². The minimum absolute atomic E-state index is 0.0177. The lowest BCUT2D eigenvalue weighted by atomic mass is 9.63. The number of rotatable bonds is 8. The van der Waals surface area contributed by atoms with Crippen molar-refractivity contribution in [2.75, 3.05) is 19.6 Å². The van der Waals surface area contributed by atoms with Crippen molar-refractivity contribution < 1.29 is 13.2 Å². The number of carbonyl (C=O) groups is 1. The quantitative estimate of drug-likeness (QED) is 0.672. The molecule has 1 aliphatic heterocycles. The van der Waals surface area contributed by atoms with Gasteiger partial charge in [-0.05, 0) is 61.6 Å². The second-order valence-corrected chi connectivity index (χ2v) is 10.9. The van der Waals surface area contributed by atoms with Gasteiger partial charge in [0.1, 0.15) is 0 Å². The van der Waals surface area contributed by atoms with Gasteiger partial charge in [-0.2, -0.15) is 17.4 Å². The largest absolute Gasteiger partial charge is 0.351 e. The van der Waals surface area contributed by atoms with Crippen LogP contribution in [0.2, 0.25) is 5.02 Å². The summed E-state index contributed by atoms with van der Waals surface area (Å²) in [6.07, 6.45) is 6.02. The Morgan fingerprint density at radius 1 is 1.29 bits per heavy atom. The van der Waals surface area contributed by atoms with Crippen LogP contribution in [0.1, 0.15) is 54.4 Å². The first-order valence-corrected chi connectivity index (χ1v) is 11.9. The maximum absolute atomic E-state index is 12.6. The highest BCUT2D eigenvalue weighted by atomic mass is 35.5. The molecular weight excluding hydrogens is 398 g/mol. The van der Waals surface area contributed by atoms with E-state index in [1.54, 1.807) is 12.1 Å². The van der Waals surface area contributed by atoms with Crippen LogP contribution in [0.15, 0.2) is 18.2 Å². The van der Waals surface area contributed by atoms with Gasteiger partial charge in [-0.3, -0.25) is 4.79 Å². The van der Waals surface area contributed by atoms with E-state index in [0.717, 1.165) is 31.2 Å². The van der Waals surface area contributed by atoms with Crippen LogP contribution in [0, 0.1) is 18.3 Å². The van der Waals surface area contributed by atoms with Crippen molar-refractivity contribution in [3.63, 3.8) is 0 Å². The molecule has 4 rings (SSSR count). The molecule has 1 saturated heterocycles. The van der Waals surface area contributed by atoms with E-state index in [9.17, 15) is 13.2 Å². The van der Waals surface area contributed by atoms with Crippen molar-refractivity contribution in [2.24, 2.45) is 11.3 Å². The number of halogens is 1. The molecule has 0 spiro atoms. The second-order valence-electron chi connectivity index (χ2n) is 8.79. The van der Waals surface area contributed by atoms with Crippen LogP contribution in [0.5, 0.6) is 0 Å². The normalized spacial score (nSPS) is 27.7. The fourth-order valence-corrected chi connectivity index (χ4v) is 6.16. The van der Waals surface area contributed by atoms with Crippen molar-refractivity contribution in [1.82, 2.24) is 14.3 Å². The fraction of sp³-hybridized carbons (Fsp3) is 0.650. The molecule has 3 aliphatic rings. The molecule has 0 radical (unpaired) electrons. The monoisotopic (exact) mass is 425 g/mol. The molecular formula is C20H28ClN3O3S. The second kappa shape index (κ2) is 7.59. The van der Waals surface area contributed by atoms with Gasteiger partial charge in [0.15, 0.2) is 0 Å². The lowest BCUT2D eigenvalue weighted by Crippen LogP contribution is -2.58. The molecule has 2 N–H and O–H groups in total. The van der Waals surface area contributed by atoms with Crippen LogP contribution in [0.25, 0.3) is 0 Å². The Bertz CT molecular complexity index is 859. The van der Waals surface area contributed by atoms with E-state index in [2.05, 4.69) is 10.0 Å². The Morgan fingerprint density at radius 3 is 2.57 bits per heavy atom. The maximum Gasteiger partial charge on any atom is 0.279 e. The molecule has 1 amide bonds. The summed E-state index contributed by atoms with van der Waals surface area (Å²) in [5.74, 6) is 0.553. The molecule has 28 heavy (non-hydrogen) atoms. The van der Waals surface area contributed by atoms with Gasteiger partial charge in [0.05, 0.1) is 10.6 Å². The predicted molar refractivity (Wildman–Crippen MR) is 110 cm³/mol. The third-order valence-electron chi connectivity index (χ3n) is 6.24. The Labute approximate surface area is 172 Å². The molecule has 1 aromatic carbocycles. The van der Waals surface area contributed by atoms with Gasteiger partial charge >= 0.3 is 0 Å². The third kappa shape index (κ3) is 4.37. The number of nitrogens with one attached hydrogen (secondary N) is 2. The molecule has 0 atom stereocenters. The summed E-state index contributed by atoms with van der Waals surface area (Å²) in [6, 6.07) is 5.39. The molecule has 1 heterocycles. The van der Waals surface area contributed by atoms with E-state index < -0.39 is 10.2 Å². The fourth-order valence-electron chi connectivity index (χ4n) is 4.37. The molecule has 154 valence electrons. The zero-order valence-electron chi connectivity index (χ0n) is 16.2. The van der Waals surface area contributed by atoms with Crippen LogP contribution in [-0.4, -0.2) is 44.3 Å². The van der Waals surface area contributed by atoms with Gasteiger partial charge in [-0.25, -0.2) is 0 Å². The zero-order valence-corrected chi connectivity index (χ0v) is 17.8. The Kier molecular flexibility index (Phi) is 5.46. The zero-order chi connectivity index (χ0) is 19.9. The summed E-state index contributed by atoms with van der Waals surface area (Å²) in [4.78, 5) is 12.6. The smallest absolute Gasteiger partial charge is 0.279 e. The summed E-state index contributed by atoms with van der Waals surface area (Å²) < 4.78 is 29.0. The van der Waals surface area contributed by atoms with Crippen molar-refractivity contribution >= 4 is 27.7 Å². The van der Waals surface area contributed by atoms with Crippen LogP contribution in [0.4, 0.5) is 0 Å². The first-order valence-electron chi connectivity index (χ1n) is 10.1. The molecule has 0 bridgehead atoms. The number of benzene rings is 1. The summed E-state index contributed by atoms with van der Waals surface area (Å²) in [6.45, 7) is 3.73. The summed E-state index contributed by atoms with van der Waals surface area (Å²) >= 11 is 6.22. The minimum Gasteiger partial charge on any atom is -0.351 e. The molecule has 8 heteroatoms. The van der Waals surface area contributed by atoms with Crippen molar-refractivity contribution in [3.05, 3.63) is 34.3 Å². The Hall–Kier alpha value is -1.15. The molecule has 2 aliphatic carbocycles. The molecule has 2 saturated carbocycles. The lowest BCUT2D eigenvalue weighted by molar-refractivity contribution is 0.0652. The first kappa shape index (κ1) is 20.1. The number of hydrogen-bond donors (Lipinski definition) is 2. The standard InChI is InChI=1S/C20H28ClN3O3S/c1-14-3-6-17(18(21)9-14)19(25)22-13-20(10-15-4-5-15)11-16(12-20)23-28(26,27)24-7-2-8-24/h3,6,9,15-16,23H,2,4-5,7-8,10-13H2,1H3,(H,22,25). The molecule has 0 unspecified atom stereocenters. The number of hydrogen-bond acceptors (Lipinski definition) is 3.